The topological polar surface area (TPSA) is 82.3 Å². The molecule has 0 aliphatic heterocycles. The second-order valence-electron chi connectivity index (χ2n) is 7.39. The van der Waals surface area contributed by atoms with Gasteiger partial charge < -0.3 is 18.6 Å². The summed E-state index contributed by atoms with van der Waals surface area (Å²) in [6.07, 6.45) is 1.51. The summed E-state index contributed by atoms with van der Waals surface area (Å²) >= 11 is 6.96. The number of hydrazone groups is 1. The van der Waals surface area contributed by atoms with Crippen LogP contribution in [0.3, 0.4) is 0 Å². The second-order valence-corrected chi connectivity index (χ2v) is 9.16. The highest BCUT2D eigenvalue weighted by atomic mass is 79.9. The molecule has 0 atom stereocenters. The lowest BCUT2D eigenvalue weighted by atomic mass is 10.2. The normalized spacial score (nSPS) is 11.1. The number of ether oxygens (including phenoxy) is 3. The predicted molar refractivity (Wildman–Crippen MR) is 142 cm³/mol. The van der Waals surface area contributed by atoms with Crippen molar-refractivity contribution in [1.29, 1.82) is 0 Å². The zero-order chi connectivity index (χ0) is 24.8. The van der Waals surface area contributed by atoms with Gasteiger partial charge in [-0.2, -0.15) is 5.10 Å². The van der Waals surface area contributed by atoms with Gasteiger partial charge in [0.25, 0.3) is 0 Å². The number of hydrogen-bond donors (Lipinski definition) is 1. The second kappa shape index (κ2) is 11.4. The third kappa shape index (κ3) is 6.23. The predicted octanol–water partition coefficient (Wildman–Crippen LogP) is 6.71. The highest BCUT2D eigenvalue weighted by Gasteiger charge is 2.14. The molecule has 180 valence electrons. The lowest BCUT2D eigenvalue weighted by molar-refractivity contribution is 0.0929. The maximum atomic E-state index is 12.5. The van der Waals surface area contributed by atoms with Gasteiger partial charge in [0.1, 0.15) is 17.9 Å². The Bertz CT molecular complexity index is 1370. The summed E-state index contributed by atoms with van der Waals surface area (Å²) in [5.74, 6) is 1.52. The van der Waals surface area contributed by atoms with Crippen LogP contribution in [-0.2, 0) is 6.61 Å². The monoisotopic (exact) mass is 600 g/mol. The number of furan rings is 1. The standard InChI is InChI=1S/C26H22Br2N2O5/c1-3-33-20-8-9-22-18(12-20)13-24(35-22)26(31)30-29-14-17-10-21(28)25(23(11-17)32-2)34-15-16-4-6-19(27)7-5-16/h4-14H,3,15H2,1-2H3,(H,30,31)/b29-14+. The smallest absolute Gasteiger partial charge is 0.307 e. The molecule has 1 aromatic heterocycles. The van der Waals surface area contributed by atoms with E-state index in [-0.39, 0.29) is 5.76 Å². The minimum atomic E-state index is -0.462. The van der Waals surface area contributed by atoms with E-state index < -0.39 is 5.91 Å². The molecule has 35 heavy (non-hydrogen) atoms. The van der Waals surface area contributed by atoms with E-state index in [0.29, 0.717) is 40.3 Å². The van der Waals surface area contributed by atoms with Crippen LogP contribution < -0.4 is 19.6 Å². The van der Waals surface area contributed by atoms with E-state index in [1.165, 1.54) is 6.21 Å². The molecule has 3 aromatic carbocycles. The summed E-state index contributed by atoms with van der Waals surface area (Å²) in [6, 6.07) is 18.5. The molecule has 1 N–H and O–H groups in total. The van der Waals surface area contributed by atoms with Crippen molar-refractivity contribution >= 4 is 55.0 Å². The summed E-state index contributed by atoms with van der Waals surface area (Å²) < 4.78 is 24.3. The Morgan fingerprint density at radius 1 is 1.06 bits per heavy atom. The quantitative estimate of drug-likeness (QED) is 0.170. The lowest BCUT2D eigenvalue weighted by Crippen LogP contribution is -2.16. The van der Waals surface area contributed by atoms with E-state index in [1.807, 2.05) is 43.3 Å². The molecule has 1 heterocycles. The molecule has 0 unspecified atom stereocenters. The number of benzene rings is 3. The first-order chi connectivity index (χ1) is 17.0. The number of amides is 1. The minimum absolute atomic E-state index is 0.154. The van der Waals surface area contributed by atoms with E-state index in [2.05, 4.69) is 42.4 Å². The molecule has 4 rings (SSSR count). The van der Waals surface area contributed by atoms with Gasteiger partial charge in [-0.05, 0) is 82.5 Å². The molecule has 0 aliphatic carbocycles. The van der Waals surface area contributed by atoms with Crippen LogP contribution in [0.2, 0.25) is 0 Å². The summed E-state index contributed by atoms with van der Waals surface area (Å²) in [4.78, 5) is 12.5. The first-order valence-electron chi connectivity index (χ1n) is 10.7. The zero-order valence-electron chi connectivity index (χ0n) is 19.0. The van der Waals surface area contributed by atoms with Crippen LogP contribution in [0.1, 0.15) is 28.6 Å². The van der Waals surface area contributed by atoms with Crippen molar-refractivity contribution < 1.29 is 23.4 Å². The SMILES string of the molecule is CCOc1ccc2oc(C(=O)N/N=C/c3cc(Br)c(OCc4ccc(Br)cc4)c(OC)c3)cc2c1. The van der Waals surface area contributed by atoms with Crippen LogP contribution in [0.5, 0.6) is 17.2 Å². The van der Waals surface area contributed by atoms with Gasteiger partial charge in [-0.25, -0.2) is 5.43 Å². The number of halogens is 2. The summed E-state index contributed by atoms with van der Waals surface area (Å²) in [6.45, 7) is 2.86. The van der Waals surface area contributed by atoms with Crippen LogP contribution in [0.25, 0.3) is 11.0 Å². The molecule has 9 heteroatoms. The van der Waals surface area contributed by atoms with Crippen molar-refractivity contribution in [3.05, 3.63) is 86.5 Å². The Hall–Kier alpha value is -3.30. The average Bonchev–Trinajstić information content (AvgIpc) is 3.28. The van der Waals surface area contributed by atoms with Gasteiger partial charge >= 0.3 is 5.91 Å². The van der Waals surface area contributed by atoms with Crippen LogP contribution in [0, 0.1) is 0 Å². The van der Waals surface area contributed by atoms with Gasteiger partial charge in [-0.15, -0.1) is 0 Å². The number of methoxy groups -OCH3 is 1. The van der Waals surface area contributed by atoms with Crippen LogP contribution in [0.15, 0.2) is 79.1 Å². The summed E-state index contributed by atoms with van der Waals surface area (Å²) in [5, 5.41) is 4.83. The summed E-state index contributed by atoms with van der Waals surface area (Å²) in [7, 11) is 1.56. The molecule has 0 aliphatic rings. The van der Waals surface area contributed by atoms with Crippen molar-refractivity contribution in [2.75, 3.05) is 13.7 Å². The highest BCUT2D eigenvalue weighted by Crippen LogP contribution is 2.37. The molecule has 0 saturated heterocycles. The molecule has 0 saturated carbocycles. The third-order valence-electron chi connectivity index (χ3n) is 4.95. The number of nitrogens with zero attached hydrogens (tertiary/aromatic N) is 1. The van der Waals surface area contributed by atoms with Crippen molar-refractivity contribution in [2.45, 2.75) is 13.5 Å². The van der Waals surface area contributed by atoms with Crippen molar-refractivity contribution in [2.24, 2.45) is 5.10 Å². The molecule has 0 spiro atoms. The molecular formula is C26H22Br2N2O5. The van der Waals surface area contributed by atoms with E-state index in [4.69, 9.17) is 18.6 Å². The molecule has 7 nitrogen and oxygen atoms in total. The van der Waals surface area contributed by atoms with Gasteiger partial charge in [0.2, 0.25) is 0 Å². The molecule has 0 bridgehead atoms. The maximum Gasteiger partial charge on any atom is 0.307 e. The Morgan fingerprint density at radius 2 is 1.86 bits per heavy atom. The molecule has 0 radical (unpaired) electrons. The minimum Gasteiger partial charge on any atom is -0.494 e. The lowest BCUT2D eigenvalue weighted by Gasteiger charge is -2.13. The van der Waals surface area contributed by atoms with Crippen molar-refractivity contribution in [3.63, 3.8) is 0 Å². The van der Waals surface area contributed by atoms with Gasteiger partial charge in [0.05, 0.1) is 24.4 Å². The Labute approximate surface area is 219 Å². The highest BCUT2D eigenvalue weighted by molar-refractivity contribution is 9.10. The zero-order valence-corrected chi connectivity index (χ0v) is 22.2. The Balaban J connectivity index is 1.42. The fraction of sp³-hybridized carbons (Fsp3) is 0.154. The number of nitrogens with one attached hydrogen (secondary N) is 1. The molecule has 0 fully saturated rings. The fourth-order valence-corrected chi connectivity index (χ4v) is 4.14. The van der Waals surface area contributed by atoms with E-state index in [9.17, 15) is 4.79 Å². The van der Waals surface area contributed by atoms with Gasteiger partial charge in [0, 0.05) is 9.86 Å². The first kappa shape index (κ1) is 24.8. The molecular weight excluding hydrogens is 580 g/mol. The van der Waals surface area contributed by atoms with Gasteiger partial charge in [-0.1, -0.05) is 28.1 Å². The van der Waals surface area contributed by atoms with Gasteiger partial charge in [-0.3, -0.25) is 4.79 Å². The van der Waals surface area contributed by atoms with Crippen LogP contribution in [-0.4, -0.2) is 25.8 Å². The molecule has 1 amide bonds. The largest absolute Gasteiger partial charge is 0.494 e. The van der Waals surface area contributed by atoms with Crippen LogP contribution in [0.4, 0.5) is 0 Å². The Morgan fingerprint density at radius 3 is 2.60 bits per heavy atom. The van der Waals surface area contributed by atoms with Crippen molar-refractivity contribution in [3.8, 4) is 17.2 Å². The van der Waals surface area contributed by atoms with E-state index in [0.717, 1.165) is 21.2 Å². The number of rotatable bonds is 9. The number of hydrogen-bond acceptors (Lipinski definition) is 6. The maximum absolute atomic E-state index is 12.5. The van der Waals surface area contributed by atoms with E-state index >= 15 is 0 Å². The van der Waals surface area contributed by atoms with Gasteiger partial charge in [0.15, 0.2) is 17.3 Å². The number of carbonyl (C=O) groups excluding carboxylic acids is 1. The summed E-state index contributed by atoms with van der Waals surface area (Å²) in [5.41, 5.74) is 4.81. The van der Waals surface area contributed by atoms with E-state index in [1.54, 1.807) is 31.4 Å². The van der Waals surface area contributed by atoms with Crippen molar-refractivity contribution in [1.82, 2.24) is 5.43 Å². The first-order valence-corrected chi connectivity index (χ1v) is 12.3. The number of fused-ring (bicyclic) bond motifs is 1. The van der Waals surface area contributed by atoms with Crippen LogP contribution >= 0.6 is 31.9 Å². The third-order valence-corrected chi connectivity index (χ3v) is 6.07. The number of carbonyl (C=O) groups is 1. The average molecular weight is 602 g/mol. The Kier molecular flexibility index (Phi) is 8.09. The molecule has 4 aromatic rings. The fourth-order valence-electron chi connectivity index (χ4n) is 3.30.